The average Bonchev–Trinajstić information content (AvgIpc) is 0.782. The fraction of sp³-hybridized carbons (Fsp3) is 0.208. The first kappa shape index (κ1) is 106. The Hall–Kier alpha value is -15.0. The van der Waals surface area contributed by atoms with Crippen LogP contribution in [0.4, 0.5) is 0 Å². The van der Waals surface area contributed by atoms with E-state index in [2.05, 4.69) is 541 Å². The van der Waals surface area contributed by atoms with Crippen LogP contribution in [0.2, 0.25) is 0 Å². The van der Waals surface area contributed by atoms with E-state index in [9.17, 15) is 0 Å². The molecular formula is C144H148O. The maximum atomic E-state index is 5.77. The van der Waals surface area contributed by atoms with Gasteiger partial charge in [0.25, 0.3) is 0 Å². The first-order chi connectivity index (χ1) is 69.1. The number of hydrogen-bond donors (Lipinski definition) is 0. The van der Waals surface area contributed by atoms with E-state index in [1.807, 2.05) is 18.2 Å². The monoisotopic (exact) mass is 1890 g/mol. The summed E-state index contributed by atoms with van der Waals surface area (Å²) in [5.74, 6) is 1.78. The highest BCUT2D eigenvalue weighted by Crippen LogP contribution is 2.37. The van der Waals surface area contributed by atoms with Crippen molar-refractivity contribution >= 4 is 129 Å². The Labute approximate surface area is 865 Å². The van der Waals surface area contributed by atoms with Crippen molar-refractivity contribution in [2.45, 2.75) is 208 Å². The molecule has 0 saturated heterocycles. The molecule has 23 aromatic rings. The van der Waals surface area contributed by atoms with Crippen LogP contribution in [0.25, 0.3) is 129 Å². The number of aryl methyl sites for hydroxylation is 30. The topological polar surface area (TPSA) is 9.23 Å². The zero-order valence-electron chi connectivity index (χ0n) is 91.9. The van der Waals surface area contributed by atoms with Gasteiger partial charge in [-0.05, 0) is 487 Å². The molecular weight excluding hydrogens is 1750 g/mol. The summed E-state index contributed by atoms with van der Waals surface area (Å²) in [6.07, 6.45) is 0. The molecule has 0 aliphatic rings. The fourth-order valence-electron chi connectivity index (χ4n) is 20.1. The van der Waals surface area contributed by atoms with E-state index in [0.717, 1.165) is 11.5 Å². The molecule has 1 nitrogen and oxygen atoms in total. The maximum Gasteiger partial charge on any atom is 0.127 e. The Morgan fingerprint density at radius 3 is 0.828 bits per heavy atom. The lowest BCUT2D eigenvalue weighted by molar-refractivity contribution is 0.482. The summed E-state index contributed by atoms with van der Waals surface area (Å²) in [7, 11) is 0. The molecule has 0 atom stereocenters. The third kappa shape index (κ3) is 26.7. The van der Waals surface area contributed by atoms with Gasteiger partial charge in [0.1, 0.15) is 11.5 Å². The van der Waals surface area contributed by atoms with Crippen molar-refractivity contribution in [2.24, 2.45) is 0 Å². The lowest BCUT2D eigenvalue weighted by Crippen LogP contribution is -1.87. The molecule has 0 aromatic heterocycles. The van der Waals surface area contributed by atoms with Crippen LogP contribution in [0.15, 0.2) is 352 Å². The van der Waals surface area contributed by atoms with E-state index in [1.165, 1.54) is 296 Å². The van der Waals surface area contributed by atoms with Crippen LogP contribution >= 0.6 is 0 Å². The van der Waals surface area contributed by atoms with E-state index >= 15 is 0 Å². The molecule has 145 heavy (non-hydrogen) atoms. The Morgan fingerprint density at radius 2 is 0.372 bits per heavy atom. The van der Waals surface area contributed by atoms with Crippen molar-refractivity contribution in [3.05, 3.63) is 519 Å². The van der Waals surface area contributed by atoms with E-state index < -0.39 is 0 Å². The molecule has 0 aliphatic heterocycles. The standard InChI is InChI=1S/5C17H16.C15H16O.2C13H14.2C9H12/c1-11-5-7-16-13(3)17-9-12(2)4-6-14(17)10-15(16)8-11;1-11-4-6-14-10-17-13(3)12(2)5-7-15(17)9-16(14)8-11;1-11-4-6-16-13(3)17-7-5-12(2)9-15(17)10-14(16)8-11;1-11-6-4-8-14-13(3)15-9-5-7-12(2)17(15)10-16(11)14;1-11-4-5-14-10-17-13(3)6-12(2)8-16(17)9-15(14)7-11;1-11-4-7-14(8-5-11)16-15-9-6-12(2)13(3)10-15;1-9-4-7-13-11(3)10(2)5-6-12(13)8-9;1-9-4-5-13-11(3)6-10(2)8-12(13)7-9;1-7-4-8(2)6-9(3)5-7;1-7-4-5-8(2)9(3)6-7/h5*4-10H,1-3H3;4-10H,1-3H3;2*4-8H,1-3H3;2*4-6H,1-3H3. The third-order valence-electron chi connectivity index (χ3n) is 28.8. The fourth-order valence-corrected chi connectivity index (χ4v) is 20.1. The zero-order valence-corrected chi connectivity index (χ0v) is 91.9. The van der Waals surface area contributed by atoms with Gasteiger partial charge in [-0.2, -0.15) is 0 Å². The minimum Gasteiger partial charge on any atom is -0.457 e. The van der Waals surface area contributed by atoms with Gasteiger partial charge in [-0.25, -0.2) is 0 Å². The normalized spacial score (nSPS) is 10.8. The van der Waals surface area contributed by atoms with Gasteiger partial charge in [-0.3, -0.25) is 0 Å². The van der Waals surface area contributed by atoms with Crippen molar-refractivity contribution in [3.63, 3.8) is 0 Å². The van der Waals surface area contributed by atoms with E-state index in [-0.39, 0.29) is 0 Å². The number of hydrogen-bond acceptors (Lipinski definition) is 1. The number of ether oxygens (including phenoxy) is 1. The smallest absolute Gasteiger partial charge is 0.127 e. The molecule has 0 fully saturated rings. The first-order valence-electron chi connectivity index (χ1n) is 51.5. The van der Waals surface area contributed by atoms with Crippen LogP contribution in [0.5, 0.6) is 11.5 Å². The molecule has 0 aliphatic carbocycles. The van der Waals surface area contributed by atoms with Crippen LogP contribution in [-0.2, 0) is 0 Å². The summed E-state index contributed by atoms with van der Waals surface area (Å²) in [5, 5.41) is 32.6. The Morgan fingerprint density at radius 1 is 0.103 bits per heavy atom. The molecule has 0 amide bonds. The average molecular weight is 1890 g/mol. The molecule has 23 rings (SSSR count). The summed E-state index contributed by atoms with van der Waals surface area (Å²) in [6, 6.07) is 128. The quantitative estimate of drug-likeness (QED) is 0.157. The highest BCUT2D eigenvalue weighted by Gasteiger charge is 2.13. The minimum atomic E-state index is 0.883. The highest BCUT2D eigenvalue weighted by molar-refractivity contribution is 6.07. The lowest BCUT2D eigenvalue weighted by atomic mass is 9.93. The van der Waals surface area contributed by atoms with Gasteiger partial charge < -0.3 is 4.74 Å². The molecule has 0 heterocycles. The molecule has 0 N–H and O–H groups in total. The molecule has 0 spiro atoms. The summed E-state index contributed by atoms with van der Waals surface area (Å²) >= 11 is 0. The molecule has 23 aromatic carbocycles. The maximum absolute atomic E-state index is 5.77. The van der Waals surface area contributed by atoms with Crippen LogP contribution in [0.3, 0.4) is 0 Å². The van der Waals surface area contributed by atoms with E-state index in [4.69, 9.17) is 4.74 Å². The molecule has 0 radical (unpaired) electrons. The predicted molar refractivity (Wildman–Crippen MR) is 643 cm³/mol. The van der Waals surface area contributed by atoms with Crippen molar-refractivity contribution in [1.29, 1.82) is 0 Å². The molecule has 1 heteroatoms. The molecule has 0 saturated carbocycles. The first-order valence-corrected chi connectivity index (χ1v) is 51.5. The van der Waals surface area contributed by atoms with Crippen molar-refractivity contribution in [2.75, 3.05) is 0 Å². The zero-order chi connectivity index (χ0) is 104. The Balaban J connectivity index is 0.000000128. The van der Waals surface area contributed by atoms with Crippen molar-refractivity contribution < 1.29 is 4.74 Å². The Bertz CT molecular complexity index is 8510. The number of fused-ring (bicyclic) bond motifs is 12. The van der Waals surface area contributed by atoms with Gasteiger partial charge in [-0.1, -0.05) is 369 Å². The molecule has 730 valence electrons. The highest BCUT2D eigenvalue weighted by atomic mass is 16.5. The van der Waals surface area contributed by atoms with Gasteiger partial charge >= 0.3 is 0 Å². The molecule has 0 unspecified atom stereocenters. The SMILES string of the molecule is Cc1cc(C)cc(C)c1.Cc1ccc(C)c(C)c1.Cc1ccc(Oc2ccc(C)c(C)c2)cc1.Cc1ccc2c(C)c(C)ccc2c1.Cc1ccc2c(C)c3cc(C)ccc3cc2c1.Cc1ccc2c(C)c3ccc(C)cc3cc2c1.Cc1ccc2c(C)cc(C)cc2c1.Cc1ccc2cc3c(C)c(C)ccc3cc2c1.Cc1ccc2cc3c(C)cc(C)cc3cc2c1.Cc1cccc2c(C)c3cccc(C)c3cc12. The van der Waals surface area contributed by atoms with Gasteiger partial charge in [0.15, 0.2) is 0 Å². The van der Waals surface area contributed by atoms with Gasteiger partial charge in [-0.15, -0.1) is 0 Å². The summed E-state index contributed by atoms with van der Waals surface area (Å²) < 4.78 is 5.77. The largest absolute Gasteiger partial charge is 0.457 e. The van der Waals surface area contributed by atoms with Crippen LogP contribution in [0, 0.1) is 208 Å². The minimum absolute atomic E-state index is 0.883. The van der Waals surface area contributed by atoms with Gasteiger partial charge in [0.05, 0.1) is 0 Å². The lowest BCUT2D eigenvalue weighted by Gasteiger charge is -2.11. The van der Waals surface area contributed by atoms with Gasteiger partial charge in [0, 0.05) is 0 Å². The second-order valence-corrected chi connectivity index (χ2v) is 41.6. The van der Waals surface area contributed by atoms with Crippen LogP contribution in [-0.4, -0.2) is 0 Å². The van der Waals surface area contributed by atoms with E-state index in [1.54, 1.807) is 0 Å². The second-order valence-electron chi connectivity index (χ2n) is 41.6. The van der Waals surface area contributed by atoms with Gasteiger partial charge in [0.2, 0.25) is 0 Å². The second kappa shape index (κ2) is 47.0. The van der Waals surface area contributed by atoms with Crippen molar-refractivity contribution in [3.8, 4) is 11.5 Å². The Kier molecular flexibility index (Phi) is 34.3. The van der Waals surface area contributed by atoms with Crippen LogP contribution in [0.1, 0.15) is 167 Å². The van der Waals surface area contributed by atoms with E-state index in [0.29, 0.717) is 0 Å². The molecule has 0 bridgehead atoms. The predicted octanol–water partition coefficient (Wildman–Crippen LogP) is 41.7. The van der Waals surface area contributed by atoms with Crippen molar-refractivity contribution in [1.82, 2.24) is 0 Å². The van der Waals surface area contributed by atoms with Crippen LogP contribution < -0.4 is 4.74 Å². The summed E-state index contributed by atoms with van der Waals surface area (Å²) in [6.45, 7) is 64.6. The number of benzene rings is 23. The summed E-state index contributed by atoms with van der Waals surface area (Å²) in [5.41, 5.74) is 40.4. The number of rotatable bonds is 2. The summed E-state index contributed by atoms with van der Waals surface area (Å²) in [4.78, 5) is 0. The third-order valence-corrected chi connectivity index (χ3v) is 28.8.